The first kappa shape index (κ1) is 20.8. The van der Waals surface area contributed by atoms with Crippen LogP contribution in [0.2, 0.25) is 0 Å². The van der Waals surface area contributed by atoms with Gasteiger partial charge in [0, 0.05) is 24.5 Å². The Hall–Kier alpha value is -3.46. The normalized spacial score (nSPS) is 13.9. The molecule has 162 valence electrons. The summed E-state index contributed by atoms with van der Waals surface area (Å²) in [5.74, 6) is 0.502. The molecule has 1 fully saturated rings. The van der Waals surface area contributed by atoms with Gasteiger partial charge in [0.15, 0.2) is 0 Å². The lowest BCUT2D eigenvalue weighted by Crippen LogP contribution is -2.58. The first-order valence-electron chi connectivity index (χ1n) is 10.3. The Kier molecular flexibility index (Phi) is 6.13. The van der Waals surface area contributed by atoms with Gasteiger partial charge in [-0.15, -0.1) is 0 Å². The van der Waals surface area contributed by atoms with E-state index in [1.54, 1.807) is 23.5 Å². The van der Waals surface area contributed by atoms with Gasteiger partial charge in [-0.1, -0.05) is 12.1 Å². The summed E-state index contributed by atoms with van der Waals surface area (Å²) in [6.45, 7) is 7.82. The molecule has 2 amide bonds. The van der Waals surface area contributed by atoms with E-state index in [2.05, 4.69) is 36.9 Å². The lowest BCUT2D eigenvalue weighted by molar-refractivity contribution is -0.0641. The van der Waals surface area contributed by atoms with Gasteiger partial charge in [0.05, 0.1) is 42.9 Å². The Labute approximate surface area is 181 Å². The molecular weight excluding hydrogens is 394 g/mol. The van der Waals surface area contributed by atoms with Gasteiger partial charge < -0.3 is 20.3 Å². The molecule has 0 atom stereocenters. The third-order valence-electron chi connectivity index (χ3n) is 5.08. The van der Waals surface area contributed by atoms with Gasteiger partial charge in [-0.05, 0) is 44.0 Å². The van der Waals surface area contributed by atoms with Gasteiger partial charge in [0.2, 0.25) is 5.95 Å². The number of nitrogens with zero attached hydrogens (tertiary/aromatic N) is 4. The van der Waals surface area contributed by atoms with Crippen molar-refractivity contribution in [2.45, 2.75) is 39.5 Å². The number of ether oxygens (including phenoxy) is 1. The summed E-state index contributed by atoms with van der Waals surface area (Å²) in [4.78, 5) is 22.9. The zero-order valence-electron chi connectivity index (χ0n) is 17.9. The van der Waals surface area contributed by atoms with Crippen molar-refractivity contribution >= 4 is 17.7 Å². The number of hydrogen-bond donors (Lipinski definition) is 3. The molecule has 3 heterocycles. The number of nitrogens with one attached hydrogen (secondary N) is 3. The summed E-state index contributed by atoms with van der Waals surface area (Å²) in [7, 11) is 0. The summed E-state index contributed by atoms with van der Waals surface area (Å²) in [5, 5.41) is 12.8. The fourth-order valence-electron chi connectivity index (χ4n) is 3.44. The van der Waals surface area contributed by atoms with Crippen LogP contribution in [0.5, 0.6) is 0 Å². The second-order valence-corrected chi connectivity index (χ2v) is 7.89. The largest absolute Gasteiger partial charge is 0.372 e. The third-order valence-corrected chi connectivity index (χ3v) is 5.08. The number of carbonyl (C=O) groups excluding carboxylic acids is 1. The average molecular weight is 422 g/mol. The van der Waals surface area contributed by atoms with Gasteiger partial charge >= 0.3 is 6.03 Å². The Morgan fingerprint density at radius 1 is 1.32 bits per heavy atom. The number of benzene rings is 1. The van der Waals surface area contributed by atoms with Crippen LogP contribution >= 0.6 is 0 Å². The van der Waals surface area contributed by atoms with E-state index in [-0.39, 0.29) is 18.2 Å². The molecule has 0 unspecified atom stereocenters. The minimum absolute atomic E-state index is 0.0576. The van der Waals surface area contributed by atoms with Crippen molar-refractivity contribution in [2.75, 3.05) is 18.4 Å². The average Bonchev–Trinajstić information content (AvgIpc) is 3.22. The summed E-state index contributed by atoms with van der Waals surface area (Å²) >= 11 is 0. The molecule has 0 spiro atoms. The summed E-state index contributed by atoms with van der Waals surface area (Å²) in [6, 6.07) is 7.92. The second-order valence-electron chi connectivity index (χ2n) is 7.89. The standard InChI is InChI=1S/C22H27N7O2/c1-14(2)31-19-12-29(13-19)22(30)24-9-17-5-4-16(8-15(17)3)20-6-7-23-21(28-20)27-18-10-25-26-11-18/h4-8,10-11,14,19H,9,12-13H2,1-3H3,(H,24,30)(H,25,26)(H,23,27,28). The Balaban J connectivity index is 1.35. The van der Waals surface area contributed by atoms with Crippen molar-refractivity contribution in [1.82, 2.24) is 30.4 Å². The molecule has 4 rings (SSSR count). The molecular formula is C22H27N7O2. The van der Waals surface area contributed by atoms with Crippen molar-refractivity contribution in [3.63, 3.8) is 0 Å². The molecule has 0 radical (unpaired) electrons. The van der Waals surface area contributed by atoms with E-state index in [1.807, 2.05) is 39.0 Å². The van der Waals surface area contributed by atoms with E-state index in [0.29, 0.717) is 25.6 Å². The minimum Gasteiger partial charge on any atom is -0.372 e. The van der Waals surface area contributed by atoms with Crippen LogP contribution in [0.1, 0.15) is 25.0 Å². The van der Waals surface area contributed by atoms with Crippen molar-refractivity contribution in [1.29, 1.82) is 0 Å². The fraction of sp³-hybridized carbons (Fsp3) is 0.364. The molecule has 3 aromatic rings. The van der Waals surface area contributed by atoms with Crippen molar-refractivity contribution in [3.05, 3.63) is 54.0 Å². The maximum Gasteiger partial charge on any atom is 0.317 e. The number of amides is 2. The first-order chi connectivity index (χ1) is 15.0. The zero-order valence-corrected chi connectivity index (χ0v) is 17.9. The summed E-state index contributed by atoms with van der Waals surface area (Å²) < 4.78 is 5.70. The highest BCUT2D eigenvalue weighted by atomic mass is 16.5. The number of carbonyl (C=O) groups is 1. The Bertz CT molecular complexity index is 1030. The van der Waals surface area contributed by atoms with Crippen LogP contribution in [0, 0.1) is 6.92 Å². The van der Waals surface area contributed by atoms with Crippen LogP contribution in [-0.2, 0) is 11.3 Å². The molecule has 3 N–H and O–H groups in total. The third kappa shape index (κ3) is 5.18. The predicted octanol–water partition coefficient (Wildman–Crippen LogP) is 3.24. The van der Waals surface area contributed by atoms with Crippen molar-refractivity contribution in [3.8, 4) is 11.3 Å². The van der Waals surface area contributed by atoms with E-state index in [1.165, 1.54) is 0 Å². The number of rotatable bonds is 7. The highest BCUT2D eigenvalue weighted by Crippen LogP contribution is 2.22. The number of anilines is 2. The number of likely N-dealkylation sites (tertiary alicyclic amines) is 1. The molecule has 0 saturated carbocycles. The molecule has 1 aliphatic rings. The molecule has 0 aliphatic carbocycles. The number of H-pyrrole nitrogens is 1. The number of aromatic amines is 1. The van der Waals surface area contributed by atoms with Crippen molar-refractivity contribution in [2.24, 2.45) is 0 Å². The van der Waals surface area contributed by atoms with Gasteiger partial charge in [0.1, 0.15) is 0 Å². The van der Waals surface area contributed by atoms with Gasteiger partial charge in [0.25, 0.3) is 0 Å². The zero-order chi connectivity index (χ0) is 21.8. The van der Waals surface area contributed by atoms with Crippen LogP contribution in [0.15, 0.2) is 42.9 Å². The second kappa shape index (κ2) is 9.13. The van der Waals surface area contributed by atoms with E-state index in [4.69, 9.17) is 4.74 Å². The smallest absolute Gasteiger partial charge is 0.317 e. The monoisotopic (exact) mass is 421 g/mol. The summed E-state index contributed by atoms with van der Waals surface area (Å²) in [5.41, 5.74) is 4.76. The van der Waals surface area contributed by atoms with Gasteiger partial charge in [-0.3, -0.25) is 5.10 Å². The summed E-state index contributed by atoms with van der Waals surface area (Å²) in [6.07, 6.45) is 5.45. The number of urea groups is 1. The Morgan fingerprint density at radius 3 is 2.87 bits per heavy atom. The predicted molar refractivity (Wildman–Crippen MR) is 118 cm³/mol. The number of aryl methyl sites for hydroxylation is 1. The van der Waals surface area contributed by atoms with Crippen molar-refractivity contribution < 1.29 is 9.53 Å². The SMILES string of the molecule is Cc1cc(-c2ccnc(Nc3cn[nH]c3)n2)ccc1CNC(=O)N1CC(OC(C)C)C1. The molecule has 1 saturated heterocycles. The number of aromatic nitrogens is 4. The minimum atomic E-state index is -0.0576. The molecule has 9 nitrogen and oxygen atoms in total. The highest BCUT2D eigenvalue weighted by molar-refractivity contribution is 5.75. The van der Waals surface area contributed by atoms with E-state index in [0.717, 1.165) is 28.1 Å². The van der Waals surface area contributed by atoms with Crippen LogP contribution in [-0.4, -0.2) is 56.4 Å². The van der Waals surface area contributed by atoms with E-state index in [9.17, 15) is 4.79 Å². The van der Waals surface area contributed by atoms with E-state index >= 15 is 0 Å². The maximum absolute atomic E-state index is 12.3. The number of hydrogen-bond acceptors (Lipinski definition) is 6. The molecule has 1 aliphatic heterocycles. The van der Waals surface area contributed by atoms with Crippen LogP contribution in [0.25, 0.3) is 11.3 Å². The van der Waals surface area contributed by atoms with Crippen LogP contribution in [0.4, 0.5) is 16.4 Å². The Morgan fingerprint density at radius 2 is 2.16 bits per heavy atom. The lowest BCUT2D eigenvalue weighted by Gasteiger charge is -2.39. The topological polar surface area (TPSA) is 108 Å². The van der Waals surface area contributed by atoms with Gasteiger partial charge in [-0.25, -0.2) is 14.8 Å². The van der Waals surface area contributed by atoms with Gasteiger partial charge in [-0.2, -0.15) is 5.10 Å². The molecule has 31 heavy (non-hydrogen) atoms. The fourth-order valence-corrected chi connectivity index (χ4v) is 3.44. The van der Waals surface area contributed by atoms with Crippen LogP contribution in [0.3, 0.4) is 0 Å². The molecule has 9 heteroatoms. The lowest BCUT2D eigenvalue weighted by atomic mass is 10.0. The maximum atomic E-state index is 12.3. The highest BCUT2D eigenvalue weighted by Gasteiger charge is 2.31. The van der Waals surface area contributed by atoms with E-state index < -0.39 is 0 Å². The first-order valence-corrected chi connectivity index (χ1v) is 10.3. The molecule has 1 aromatic carbocycles. The quantitative estimate of drug-likeness (QED) is 0.541. The molecule has 2 aromatic heterocycles. The molecule has 0 bridgehead atoms. The van der Waals surface area contributed by atoms with Crippen LogP contribution < -0.4 is 10.6 Å².